The van der Waals surface area contributed by atoms with Gasteiger partial charge in [0.2, 0.25) is 0 Å². The number of ether oxygens (including phenoxy) is 8. The smallest absolute Gasteiger partial charge is 0.311 e. The van der Waals surface area contributed by atoms with Gasteiger partial charge in [0.15, 0.2) is 18.7 Å². The standard InChI is InChI=1S/C40H67NO11/c1-15-30-24(6)32(43)25(7)33-21(3)18-40(12,52-33)36(51-38-35(48-28(10)42)29(41(13)16-2)17-22(4)47-38)26(8)34(27(9)37(44)49-30)50-31-20-39(11,45-14)19-23(5)46-31/h22-27,29-31,34-36,38H,15-20H2,1-14H3/t22-,23+,24+,25-,26+,27-,29+,30-,31+,34+,35-,36-,38+,39+,40-/m1/s1. The summed E-state index contributed by atoms with van der Waals surface area (Å²) in [6, 6.07) is -0.171. The number of fused-ring (bicyclic) bond motifs is 2. The Morgan fingerprint density at radius 3 is 2.21 bits per heavy atom. The number of cyclic esters (lactones) is 1. The van der Waals surface area contributed by atoms with Gasteiger partial charge in [0, 0.05) is 39.2 Å². The lowest BCUT2D eigenvalue weighted by molar-refractivity contribution is -0.310. The van der Waals surface area contributed by atoms with Crippen LogP contribution in [0.1, 0.15) is 115 Å². The van der Waals surface area contributed by atoms with Gasteiger partial charge in [0.05, 0.1) is 47.7 Å². The van der Waals surface area contributed by atoms with Gasteiger partial charge < -0.3 is 37.9 Å². The number of nitrogens with zero attached hydrogens (tertiary/aromatic N) is 1. The fourth-order valence-corrected chi connectivity index (χ4v) is 9.02. The number of hydrogen-bond donors (Lipinski definition) is 0. The molecule has 4 rings (SSSR count). The third kappa shape index (κ3) is 9.22. The molecule has 52 heavy (non-hydrogen) atoms. The van der Waals surface area contributed by atoms with E-state index >= 15 is 0 Å². The Morgan fingerprint density at radius 1 is 0.942 bits per heavy atom. The summed E-state index contributed by atoms with van der Waals surface area (Å²) >= 11 is 0. The number of carbonyl (C=O) groups excluding carboxylic acids is 3. The predicted molar refractivity (Wildman–Crippen MR) is 194 cm³/mol. The molecule has 0 unspecified atom stereocenters. The van der Waals surface area contributed by atoms with Gasteiger partial charge in [-0.2, -0.15) is 0 Å². The molecule has 0 aromatic rings. The van der Waals surface area contributed by atoms with Crippen LogP contribution in [-0.4, -0.2) is 110 Å². The van der Waals surface area contributed by atoms with Gasteiger partial charge in [-0.25, -0.2) is 0 Å². The van der Waals surface area contributed by atoms with Crippen molar-refractivity contribution in [2.24, 2.45) is 23.7 Å². The maximum atomic E-state index is 14.2. The minimum atomic E-state index is -1.02. The number of ketones is 1. The first kappa shape index (κ1) is 42.6. The van der Waals surface area contributed by atoms with Crippen molar-refractivity contribution in [2.75, 3.05) is 20.7 Å². The van der Waals surface area contributed by atoms with E-state index in [2.05, 4.69) is 11.8 Å². The lowest BCUT2D eigenvalue weighted by Gasteiger charge is -2.48. The van der Waals surface area contributed by atoms with Crippen molar-refractivity contribution in [3.63, 3.8) is 0 Å². The van der Waals surface area contributed by atoms with E-state index in [4.69, 9.17) is 37.9 Å². The average molecular weight is 738 g/mol. The number of allylic oxidation sites excluding steroid dienone is 1. The van der Waals surface area contributed by atoms with Crippen molar-refractivity contribution in [1.82, 2.24) is 4.90 Å². The molecule has 0 aromatic carbocycles. The normalized spacial score (nSPS) is 43.6. The largest absolute Gasteiger partial charge is 0.488 e. The van der Waals surface area contributed by atoms with Gasteiger partial charge in [-0.3, -0.25) is 19.3 Å². The first-order chi connectivity index (χ1) is 24.3. The molecule has 0 saturated carbocycles. The van der Waals surface area contributed by atoms with Gasteiger partial charge in [-0.15, -0.1) is 0 Å². The Morgan fingerprint density at radius 2 is 1.62 bits per heavy atom. The molecule has 298 valence electrons. The number of Topliss-reactive ketones (excluding diaryl/α,β-unsaturated/α-hetero) is 1. The first-order valence-corrected chi connectivity index (χ1v) is 19.4. The lowest BCUT2D eigenvalue weighted by atomic mass is 9.79. The second kappa shape index (κ2) is 17.1. The zero-order valence-electron chi connectivity index (χ0n) is 34.2. The predicted octanol–water partition coefficient (Wildman–Crippen LogP) is 5.98. The number of rotatable bonds is 9. The van der Waals surface area contributed by atoms with E-state index in [1.54, 1.807) is 14.0 Å². The van der Waals surface area contributed by atoms with E-state index in [0.29, 0.717) is 37.9 Å². The molecule has 4 aliphatic rings. The molecule has 0 radical (unpaired) electrons. The number of hydrogen-bond acceptors (Lipinski definition) is 12. The molecule has 4 heterocycles. The van der Waals surface area contributed by atoms with Crippen LogP contribution < -0.4 is 0 Å². The summed E-state index contributed by atoms with van der Waals surface area (Å²) in [5.41, 5.74) is -0.561. The van der Waals surface area contributed by atoms with Crippen LogP contribution in [0.2, 0.25) is 0 Å². The summed E-state index contributed by atoms with van der Waals surface area (Å²) in [5, 5.41) is 0. The molecule has 4 aliphatic heterocycles. The summed E-state index contributed by atoms with van der Waals surface area (Å²) < 4.78 is 51.9. The highest BCUT2D eigenvalue weighted by molar-refractivity contribution is 5.86. The average Bonchev–Trinajstić information content (AvgIpc) is 3.40. The molecular formula is C40H67NO11. The van der Waals surface area contributed by atoms with Crippen LogP contribution in [-0.2, 0) is 52.3 Å². The van der Waals surface area contributed by atoms with Crippen molar-refractivity contribution in [3.8, 4) is 0 Å². The molecule has 0 N–H and O–H groups in total. The zero-order chi connectivity index (χ0) is 38.9. The molecule has 12 heteroatoms. The molecule has 12 nitrogen and oxygen atoms in total. The summed E-state index contributed by atoms with van der Waals surface area (Å²) in [4.78, 5) is 42.9. The van der Waals surface area contributed by atoms with E-state index in [9.17, 15) is 14.4 Å². The number of esters is 2. The molecular weight excluding hydrogens is 670 g/mol. The van der Waals surface area contributed by atoms with E-state index < -0.39 is 83.8 Å². The quantitative estimate of drug-likeness (QED) is 0.259. The Labute approximate surface area is 311 Å². The molecule has 3 saturated heterocycles. The summed E-state index contributed by atoms with van der Waals surface area (Å²) in [5.74, 6) is -2.82. The fraction of sp³-hybridized carbons (Fsp3) is 0.875. The molecule has 3 fully saturated rings. The number of carbonyl (C=O) groups is 3. The second-order valence-corrected chi connectivity index (χ2v) is 16.5. The van der Waals surface area contributed by atoms with Crippen molar-refractivity contribution in [1.29, 1.82) is 0 Å². The fourth-order valence-electron chi connectivity index (χ4n) is 9.02. The number of methoxy groups -OCH3 is 1. The van der Waals surface area contributed by atoms with Gasteiger partial charge in [0.25, 0.3) is 0 Å². The molecule has 2 bridgehead atoms. The van der Waals surface area contributed by atoms with Crippen LogP contribution in [0.3, 0.4) is 0 Å². The minimum Gasteiger partial charge on any atom is -0.488 e. The third-order valence-electron chi connectivity index (χ3n) is 12.1. The van der Waals surface area contributed by atoms with Crippen LogP contribution >= 0.6 is 0 Å². The van der Waals surface area contributed by atoms with Gasteiger partial charge in [0.1, 0.15) is 29.4 Å². The van der Waals surface area contributed by atoms with Gasteiger partial charge >= 0.3 is 11.9 Å². The van der Waals surface area contributed by atoms with Crippen LogP contribution in [0.4, 0.5) is 0 Å². The Bertz CT molecular complexity index is 1310. The molecule has 0 amide bonds. The Balaban J connectivity index is 1.86. The zero-order valence-corrected chi connectivity index (χ0v) is 34.2. The second-order valence-electron chi connectivity index (χ2n) is 16.5. The third-order valence-corrected chi connectivity index (χ3v) is 12.1. The minimum absolute atomic E-state index is 0.0586. The highest BCUT2D eigenvalue weighted by atomic mass is 16.7. The molecule has 0 spiro atoms. The van der Waals surface area contributed by atoms with Crippen LogP contribution in [0.25, 0.3) is 0 Å². The van der Waals surface area contributed by atoms with Crippen molar-refractivity contribution in [2.45, 2.75) is 182 Å². The Kier molecular flexibility index (Phi) is 14.1. The lowest BCUT2D eigenvalue weighted by Crippen LogP contribution is -2.60. The monoisotopic (exact) mass is 737 g/mol. The molecule has 15 atom stereocenters. The van der Waals surface area contributed by atoms with Gasteiger partial charge in [-0.1, -0.05) is 27.7 Å². The summed E-state index contributed by atoms with van der Waals surface area (Å²) in [6.45, 7) is 23.5. The van der Waals surface area contributed by atoms with Gasteiger partial charge in [-0.05, 0) is 80.5 Å². The Hall–Kier alpha value is -2.09. The van der Waals surface area contributed by atoms with E-state index in [1.807, 2.05) is 69.4 Å². The van der Waals surface area contributed by atoms with Crippen LogP contribution in [0.5, 0.6) is 0 Å². The maximum absolute atomic E-state index is 14.2. The summed E-state index contributed by atoms with van der Waals surface area (Å²) in [6.07, 6.45) is -2.23. The molecule has 0 aromatic heterocycles. The van der Waals surface area contributed by atoms with E-state index in [-0.39, 0.29) is 24.0 Å². The van der Waals surface area contributed by atoms with Crippen LogP contribution in [0, 0.1) is 23.7 Å². The molecule has 0 aliphatic carbocycles. The SMILES string of the molecule is CC[C@H]1OC(=O)[C@H](C)[C@@H](O[C@H]2C[C@@](C)(OC)C[C@H](C)O2)[C@H](C)[C@@H](O[C@@H]2O[C@H](C)C[C@H](N(C)CC)[C@H]2OC(C)=O)[C@@]2(C)CC(C)=C(O2)[C@H](C)C(=O)[C@H]1C. The van der Waals surface area contributed by atoms with E-state index in [1.165, 1.54) is 6.92 Å². The maximum Gasteiger partial charge on any atom is 0.311 e. The first-order valence-electron chi connectivity index (χ1n) is 19.4. The highest BCUT2D eigenvalue weighted by Crippen LogP contribution is 2.46. The van der Waals surface area contributed by atoms with Crippen LogP contribution in [0.15, 0.2) is 11.3 Å². The van der Waals surface area contributed by atoms with Crippen molar-refractivity contribution in [3.05, 3.63) is 11.3 Å². The summed E-state index contributed by atoms with van der Waals surface area (Å²) in [7, 11) is 3.69. The van der Waals surface area contributed by atoms with Crippen molar-refractivity contribution >= 4 is 17.7 Å². The number of likely N-dealkylation sites (N-methyl/N-ethyl adjacent to an activating group) is 1. The van der Waals surface area contributed by atoms with Crippen molar-refractivity contribution < 1.29 is 52.3 Å². The van der Waals surface area contributed by atoms with E-state index in [0.717, 1.165) is 12.1 Å². The topological polar surface area (TPSA) is 128 Å². The highest BCUT2D eigenvalue weighted by Gasteiger charge is 2.55.